The fourth-order valence-electron chi connectivity index (χ4n) is 2.08. The van der Waals surface area contributed by atoms with E-state index in [1.165, 1.54) is 0 Å². The zero-order valence-corrected chi connectivity index (χ0v) is 13.6. The fraction of sp³-hybridized carbons (Fsp3) is 0.538. The number of aromatic amines is 1. The smallest absolute Gasteiger partial charge is 0.129 e. The standard InChI is InChI=1S/C11H13BrN4O.C2H6B/c1-7-6-17-5-4-16(7)9-3-2-8-10(13-9)11(12)15-14-8;1-3-2/h2-3,7H,4-6H2,1H3,(H,14,15);1-2H3/t7-;/m1./s1. The number of anilines is 1. The molecule has 107 valence electrons. The first-order chi connectivity index (χ1) is 9.67. The summed E-state index contributed by atoms with van der Waals surface area (Å²) in [6.45, 7) is 8.55. The number of H-pyrrole nitrogens is 1. The fourth-order valence-corrected chi connectivity index (χ4v) is 2.46. The molecule has 0 bridgehead atoms. The maximum Gasteiger partial charge on any atom is 0.129 e. The number of rotatable bonds is 1. The van der Waals surface area contributed by atoms with Crippen molar-refractivity contribution in [2.75, 3.05) is 24.7 Å². The van der Waals surface area contributed by atoms with Crippen LogP contribution in [-0.2, 0) is 4.74 Å². The minimum Gasteiger partial charge on any atom is -0.377 e. The van der Waals surface area contributed by atoms with Crippen molar-refractivity contribution >= 4 is 40.1 Å². The SMILES string of the molecule is C[B]C.C[C@@H]1COCCN1c1ccc2n[nH]c(Br)c2n1. The number of hydrogen-bond donors (Lipinski definition) is 1. The van der Waals surface area contributed by atoms with E-state index in [4.69, 9.17) is 4.74 Å². The molecule has 2 aromatic heterocycles. The Morgan fingerprint density at radius 3 is 2.90 bits per heavy atom. The molecule has 1 atom stereocenters. The van der Waals surface area contributed by atoms with Crippen molar-refractivity contribution in [3.05, 3.63) is 16.7 Å². The van der Waals surface area contributed by atoms with Gasteiger partial charge in [-0.25, -0.2) is 4.98 Å². The molecule has 3 rings (SSSR count). The van der Waals surface area contributed by atoms with E-state index in [0.29, 0.717) is 6.04 Å². The van der Waals surface area contributed by atoms with E-state index in [1.807, 2.05) is 33.1 Å². The lowest BCUT2D eigenvalue weighted by Gasteiger charge is -2.34. The van der Waals surface area contributed by atoms with Gasteiger partial charge in [-0.15, -0.1) is 0 Å². The molecule has 1 radical (unpaired) electrons. The van der Waals surface area contributed by atoms with Crippen molar-refractivity contribution in [3.63, 3.8) is 0 Å². The van der Waals surface area contributed by atoms with Gasteiger partial charge in [0.25, 0.3) is 0 Å². The number of fused-ring (bicyclic) bond motifs is 1. The average Bonchev–Trinajstić information content (AvgIpc) is 2.81. The summed E-state index contributed by atoms with van der Waals surface area (Å²) in [5, 5.41) is 7.02. The van der Waals surface area contributed by atoms with Gasteiger partial charge in [0.2, 0.25) is 0 Å². The van der Waals surface area contributed by atoms with E-state index < -0.39 is 0 Å². The van der Waals surface area contributed by atoms with Crippen molar-refractivity contribution in [2.45, 2.75) is 26.6 Å². The predicted octanol–water partition coefficient (Wildman–Crippen LogP) is 2.73. The normalized spacial score (nSPS) is 18.6. The Balaban J connectivity index is 0.000000452. The Morgan fingerprint density at radius 2 is 2.20 bits per heavy atom. The molecule has 5 nitrogen and oxygen atoms in total. The third-order valence-corrected chi connectivity index (χ3v) is 3.56. The number of nitrogens with one attached hydrogen (secondary N) is 1. The molecule has 1 N–H and O–H groups in total. The highest BCUT2D eigenvalue weighted by molar-refractivity contribution is 9.10. The number of ether oxygens (including phenoxy) is 1. The summed E-state index contributed by atoms with van der Waals surface area (Å²) in [7, 11) is 2.00. The summed E-state index contributed by atoms with van der Waals surface area (Å²) in [5.41, 5.74) is 1.75. The van der Waals surface area contributed by atoms with Crippen LogP contribution in [-0.4, -0.2) is 48.3 Å². The van der Waals surface area contributed by atoms with Gasteiger partial charge in [-0.3, -0.25) is 5.10 Å². The van der Waals surface area contributed by atoms with Crippen molar-refractivity contribution in [1.29, 1.82) is 0 Å². The zero-order valence-electron chi connectivity index (χ0n) is 12.1. The second-order valence-corrected chi connectivity index (χ2v) is 5.56. The van der Waals surface area contributed by atoms with Gasteiger partial charge in [0, 0.05) is 6.54 Å². The van der Waals surface area contributed by atoms with Crippen LogP contribution in [0.4, 0.5) is 5.82 Å². The van der Waals surface area contributed by atoms with Crippen LogP contribution in [0.3, 0.4) is 0 Å². The topological polar surface area (TPSA) is 54.0 Å². The lowest BCUT2D eigenvalue weighted by Crippen LogP contribution is -2.44. The molecule has 1 saturated heterocycles. The Hall–Kier alpha value is -1.08. The molecule has 0 saturated carbocycles. The van der Waals surface area contributed by atoms with Crippen LogP contribution in [0, 0.1) is 0 Å². The lowest BCUT2D eigenvalue weighted by atomic mass is 9.88. The lowest BCUT2D eigenvalue weighted by molar-refractivity contribution is 0.0986. The van der Waals surface area contributed by atoms with Gasteiger partial charge >= 0.3 is 0 Å². The second-order valence-electron chi connectivity index (χ2n) is 4.77. The quantitative estimate of drug-likeness (QED) is 0.813. The van der Waals surface area contributed by atoms with Crippen molar-refractivity contribution < 1.29 is 4.74 Å². The van der Waals surface area contributed by atoms with E-state index in [2.05, 4.69) is 42.9 Å². The molecule has 0 unspecified atom stereocenters. The molecule has 0 aromatic carbocycles. The summed E-state index contributed by atoms with van der Waals surface area (Å²) in [5.74, 6) is 0.982. The second kappa shape index (κ2) is 7.08. The van der Waals surface area contributed by atoms with Gasteiger partial charge < -0.3 is 9.64 Å². The number of aromatic nitrogens is 3. The van der Waals surface area contributed by atoms with Crippen molar-refractivity contribution in [2.24, 2.45) is 0 Å². The number of nitrogens with zero attached hydrogens (tertiary/aromatic N) is 3. The highest BCUT2D eigenvalue weighted by atomic mass is 79.9. The molecule has 0 aliphatic carbocycles. The van der Waals surface area contributed by atoms with E-state index in [1.54, 1.807) is 0 Å². The van der Waals surface area contributed by atoms with Crippen LogP contribution < -0.4 is 4.90 Å². The molecule has 1 aliphatic heterocycles. The molecule has 0 amide bonds. The van der Waals surface area contributed by atoms with Crippen LogP contribution in [0.25, 0.3) is 11.0 Å². The molecule has 7 heteroatoms. The Morgan fingerprint density at radius 1 is 1.45 bits per heavy atom. The maximum atomic E-state index is 5.43. The molecular weight excluding hydrogens is 319 g/mol. The van der Waals surface area contributed by atoms with Gasteiger partial charge in [0.1, 0.15) is 28.7 Å². The van der Waals surface area contributed by atoms with Gasteiger partial charge in [-0.2, -0.15) is 5.10 Å². The first-order valence-electron chi connectivity index (χ1n) is 6.76. The molecule has 1 aliphatic rings. The largest absolute Gasteiger partial charge is 0.377 e. The summed E-state index contributed by atoms with van der Waals surface area (Å²) in [6.07, 6.45) is 0. The monoisotopic (exact) mass is 337 g/mol. The summed E-state index contributed by atoms with van der Waals surface area (Å²) in [4.78, 5) is 6.90. The van der Waals surface area contributed by atoms with Crippen molar-refractivity contribution in [1.82, 2.24) is 15.2 Å². The zero-order chi connectivity index (χ0) is 14.5. The number of halogens is 1. The minimum atomic E-state index is 0.361. The van der Waals surface area contributed by atoms with Crippen LogP contribution in [0.15, 0.2) is 16.7 Å². The number of hydrogen-bond acceptors (Lipinski definition) is 4. The van der Waals surface area contributed by atoms with E-state index in [0.717, 1.165) is 41.2 Å². The van der Waals surface area contributed by atoms with E-state index in [-0.39, 0.29) is 0 Å². The number of pyridine rings is 1. The highest BCUT2D eigenvalue weighted by Crippen LogP contribution is 2.24. The first kappa shape index (κ1) is 15.3. The first-order valence-corrected chi connectivity index (χ1v) is 7.55. The van der Waals surface area contributed by atoms with Gasteiger partial charge in [0.05, 0.1) is 19.3 Å². The molecule has 3 heterocycles. The molecule has 20 heavy (non-hydrogen) atoms. The third-order valence-electron chi connectivity index (χ3n) is 3.00. The van der Waals surface area contributed by atoms with E-state index in [9.17, 15) is 0 Å². The Labute approximate surface area is 128 Å². The molecule has 0 spiro atoms. The highest BCUT2D eigenvalue weighted by Gasteiger charge is 2.20. The minimum absolute atomic E-state index is 0.361. The van der Waals surface area contributed by atoms with Crippen LogP contribution >= 0.6 is 15.9 Å². The predicted molar refractivity (Wildman–Crippen MR) is 86.7 cm³/mol. The van der Waals surface area contributed by atoms with Gasteiger partial charge in [-0.05, 0) is 35.0 Å². The van der Waals surface area contributed by atoms with Gasteiger partial charge in [0.15, 0.2) is 0 Å². The third kappa shape index (κ3) is 3.33. The summed E-state index contributed by atoms with van der Waals surface area (Å²) < 4.78 is 6.26. The van der Waals surface area contributed by atoms with Gasteiger partial charge in [-0.1, -0.05) is 13.6 Å². The molecular formula is C13H19BBrN4O. The Kier molecular flexibility index (Phi) is 5.42. The number of morpholine rings is 1. The van der Waals surface area contributed by atoms with Crippen molar-refractivity contribution in [3.8, 4) is 0 Å². The Bertz CT molecular complexity index is 562. The maximum absolute atomic E-state index is 5.43. The molecule has 1 fully saturated rings. The van der Waals surface area contributed by atoms with Crippen LogP contribution in [0.5, 0.6) is 0 Å². The summed E-state index contributed by atoms with van der Waals surface area (Å²) >= 11 is 3.42. The molecule has 2 aromatic rings. The average molecular weight is 338 g/mol. The van der Waals surface area contributed by atoms with E-state index >= 15 is 0 Å². The summed E-state index contributed by atoms with van der Waals surface area (Å²) in [6, 6.07) is 4.36. The van der Waals surface area contributed by atoms with Crippen LogP contribution in [0.2, 0.25) is 13.6 Å². The van der Waals surface area contributed by atoms with Crippen LogP contribution in [0.1, 0.15) is 6.92 Å².